The Kier molecular flexibility index (Phi) is 9.34. The maximum Gasteiger partial charge on any atom is 0.418 e. The molecule has 0 spiro atoms. The molecule has 3 aromatic heterocycles. The van der Waals surface area contributed by atoms with E-state index in [1.165, 1.54) is 18.6 Å². The Morgan fingerprint density at radius 2 is 1.84 bits per heavy atom. The van der Waals surface area contributed by atoms with Crippen LogP contribution in [-0.2, 0) is 6.18 Å². The summed E-state index contributed by atoms with van der Waals surface area (Å²) >= 11 is 6.53. The van der Waals surface area contributed by atoms with Crippen LogP contribution in [0.2, 0.25) is 5.02 Å². The molecule has 1 unspecified atom stereocenters. The molecule has 198 valence electrons. The Balaban J connectivity index is 1.60. The van der Waals surface area contributed by atoms with Crippen molar-refractivity contribution in [3.63, 3.8) is 0 Å². The van der Waals surface area contributed by atoms with E-state index in [4.69, 9.17) is 11.6 Å². The van der Waals surface area contributed by atoms with Gasteiger partial charge in [-0.2, -0.15) is 13.2 Å². The second-order valence-electron chi connectivity index (χ2n) is 8.13. The lowest BCUT2D eigenvalue weighted by Gasteiger charge is -2.12. The van der Waals surface area contributed by atoms with Gasteiger partial charge in [-0.05, 0) is 40.1 Å². The highest BCUT2D eigenvalue weighted by atomic mass is 35.5. The first-order valence-corrected chi connectivity index (χ1v) is 12.1. The normalized spacial score (nSPS) is 12.3. The molecule has 0 saturated carbocycles. The van der Waals surface area contributed by atoms with E-state index in [2.05, 4.69) is 40.8 Å². The van der Waals surface area contributed by atoms with Gasteiger partial charge in [-0.25, -0.2) is 19.9 Å². The lowest BCUT2D eigenvalue weighted by Crippen LogP contribution is -2.27. The minimum absolute atomic E-state index is 0.118. The minimum atomic E-state index is -4.70. The van der Waals surface area contributed by atoms with Crippen LogP contribution in [0.3, 0.4) is 0 Å². The number of anilines is 2. The first-order valence-electron chi connectivity index (χ1n) is 11.0. The third-order valence-corrected chi connectivity index (χ3v) is 6.34. The van der Waals surface area contributed by atoms with Crippen LogP contribution in [0.25, 0.3) is 0 Å². The van der Waals surface area contributed by atoms with Crippen molar-refractivity contribution in [2.45, 2.75) is 25.6 Å². The third-order valence-electron chi connectivity index (χ3n) is 4.86. The number of hydrogen-bond donors (Lipinski definition) is 3. The second-order valence-corrected chi connectivity index (χ2v) is 9.60. The van der Waals surface area contributed by atoms with Gasteiger partial charge in [0, 0.05) is 18.8 Å². The second kappa shape index (κ2) is 12.3. The van der Waals surface area contributed by atoms with Crippen LogP contribution in [0.5, 0.6) is 0 Å². The minimum Gasteiger partial charge on any atom is -0.370 e. The summed E-state index contributed by atoms with van der Waals surface area (Å²) in [4.78, 5) is 43.3. The van der Waals surface area contributed by atoms with E-state index in [1.807, 2.05) is 14.1 Å². The summed E-state index contributed by atoms with van der Waals surface area (Å²) < 4.78 is 39.1. The van der Waals surface area contributed by atoms with Crippen molar-refractivity contribution in [2.75, 3.05) is 37.8 Å². The van der Waals surface area contributed by atoms with Crippen molar-refractivity contribution >= 4 is 46.4 Å². The molecule has 3 aromatic rings. The highest BCUT2D eigenvalue weighted by Gasteiger charge is 2.34. The molecule has 2 amide bonds. The van der Waals surface area contributed by atoms with Gasteiger partial charge >= 0.3 is 6.18 Å². The number of hydrogen-bond acceptors (Lipinski definition) is 9. The fraction of sp³-hybridized carbons (Fsp3) is 0.364. The van der Waals surface area contributed by atoms with Crippen LogP contribution in [0, 0.1) is 0 Å². The van der Waals surface area contributed by atoms with Gasteiger partial charge in [-0.15, -0.1) is 11.3 Å². The number of carbonyl (C=O) groups is 2. The van der Waals surface area contributed by atoms with Crippen molar-refractivity contribution in [3.05, 3.63) is 57.0 Å². The number of carbonyl (C=O) groups excluding carboxylic acids is 2. The van der Waals surface area contributed by atoms with Crippen LogP contribution < -0.4 is 16.0 Å². The molecule has 3 heterocycles. The van der Waals surface area contributed by atoms with E-state index in [0.717, 1.165) is 30.5 Å². The number of aromatic nitrogens is 4. The smallest absolute Gasteiger partial charge is 0.370 e. The number of alkyl halides is 3. The summed E-state index contributed by atoms with van der Waals surface area (Å²) in [6, 6.07) is 1.61. The maximum absolute atomic E-state index is 13.0. The summed E-state index contributed by atoms with van der Waals surface area (Å²) in [7, 11) is 3.96. The van der Waals surface area contributed by atoms with Crippen molar-refractivity contribution in [1.29, 1.82) is 0 Å². The zero-order valence-corrected chi connectivity index (χ0v) is 21.6. The molecule has 15 heteroatoms. The Morgan fingerprint density at radius 3 is 2.54 bits per heavy atom. The van der Waals surface area contributed by atoms with Crippen LogP contribution >= 0.6 is 22.9 Å². The van der Waals surface area contributed by atoms with Gasteiger partial charge in [-0.1, -0.05) is 11.6 Å². The first-order chi connectivity index (χ1) is 17.4. The quantitative estimate of drug-likeness (QED) is 0.319. The molecule has 0 aliphatic heterocycles. The fourth-order valence-corrected chi connectivity index (χ4v) is 4.04. The molecule has 0 aliphatic carbocycles. The fourth-order valence-electron chi connectivity index (χ4n) is 3.02. The van der Waals surface area contributed by atoms with Crippen LogP contribution in [-0.4, -0.2) is 63.8 Å². The van der Waals surface area contributed by atoms with Gasteiger partial charge in [0.05, 0.1) is 22.8 Å². The summed E-state index contributed by atoms with van der Waals surface area (Å²) in [5, 5.41) is 8.03. The first kappa shape index (κ1) is 28.2. The summed E-state index contributed by atoms with van der Waals surface area (Å²) in [6.07, 6.45) is -0.439. The number of nitrogens with zero attached hydrogens (tertiary/aromatic N) is 5. The molecule has 0 fully saturated rings. The monoisotopic (exact) mass is 556 g/mol. The number of pyridine rings is 1. The predicted molar refractivity (Wildman–Crippen MR) is 134 cm³/mol. The van der Waals surface area contributed by atoms with E-state index in [1.54, 1.807) is 6.92 Å². The van der Waals surface area contributed by atoms with Gasteiger partial charge < -0.3 is 20.9 Å². The molecule has 0 bridgehead atoms. The van der Waals surface area contributed by atoms with Crippen LogP contribution in [0.15, 0.2) is 30.9 Å². The average Bonchev–Trinajstić information content (AvgIpc) is 3.33. The summed E-state index contributed by atoms with van der Waals surface area (Å²) in [6.45, 7) is 3.26. The lowest BCUT2D eigenvalue weighted by atomic mass is 10.2. The SMILES string of the molecule is CC(NC(=O)c1cc(NCCCN(C)C)ncn1)c1ncc(C(=O)Nc2cc(C(F)(F)F)c(Cl)cn2)s1. The molecule has 0 saturated heterocycles. The zero-order valence-electron chi connectivity index (χ0n) is 20.1. The molecule has 3 rings (SSSR count). The maximum atomic E-state index is 13.0. The summed E-state index contributed by atoms with van der Waals surface area (Å²) in [5.41, 5.74) is -0.960. The average molecular weight is 557 g/mol. The Labute approximate surface area is 219 Å². The number of rotatable bonds is 10. The highest BCUT2D eigenvalue weighted by Crippen LogP contribution is 2.35. The largest absolute Gasteiger partial charge is 0.418 e. The van der Waals surface area contributed by atoms with Gasteiger partial charge in [0.25, 0.3) is 11.8 Å². The molecule has 3 N–H and O–H groups in total. The van der Waals surface area contributed by atoms with Gasteiger partial charge in [0.15, 0.2) is 0 Å². The Hall–Kier alpha value is -3.36. The van der Waals surface area contributed by atoms with E-state index < -0.39 is 34.6 Å². The molecular formula is C22H24ClF3N8O2S. The van der Waals surface area contributed by atoms with Crippen molar-refractivity contribution in [3.8, 4) is 0 Å². The van der Waals surface area contributed by atoms with Gasteiger partial charge in [0.1, 0.15) is 33.5 Å². The molecule has 37 heavy (non-hydrogen) atoms. The van der Waals surface area contributed by atoms with Crippen LogP contribution in [0.4, 0.5) is 24.8 Å². The highest BCUT2D eigenvalue weighted by molar-refractivity contribution is 7.13. The Bertz CT molecular complexity index is 1250. The lowest BCUT2D eigenvalue weighted by molar-refractivity contribution is -0.137. The van der Waals surface area contributed by atoms with Crippen molar-refractivity contribution in [2.24, 2.45) is 0 Å². The van der Waals surface area contributed by atoms with Crippen LogP contribution in [0.1, 0.15) is 50.1 Å². The van der Waals surface area contributed by atoms with Crippen molar-refractivity contribution < 1.29 is 22.8 Å². The molecular weight excluding hydrogens is 533 g/mol. The number of thiazole rings is 1. The van der Waals surface area contributed by atoms with Gasteiger partial charge in [-0.3, -0.25) is 9.59 Å². The summed E-state index contributed by atoms with van der Waals surface area (Å²) in [5.74, 6) is -0.958. The van der Waals surface area contributed by atoms with E-state index in [9.17, 15) is 22.8 Å². The van der Waals surface area contributed by atoms with E-state index >= 15 is 0 Å². The molecule has 10 nitrogen and oxygen atoms in total. The van der Waals surface area contributed by atoms with Crippen molar-refractivity contribution in [1.82, 2.24) is 30.2 Å². The predicted octanol–water partition coefficient (Wildman–Crippen LogP) is 4.11. The molecule has 1 atom stereocenters. The third kappa shape index (κ3) is 8.06. The number of amides is 2. The topological polar surface area (TPSA) is 125 Å². The number of nitrogens with one attached hydrogen (secondary N) is 3. The van der Waals surface area contributed by atoms with E-state index in [-0.39, 0.29) is 16.4 Å². The van der Waals surface area contributed by atoms with E-state index in [0.29, 0.717) is 23.4 Å². The molecule has 0 radical (unpaired) electrons. The van der Waals surface area contributed by atoms with Gasteiger partial charge in [0.2, 0.25) is 0 Å². The zero-order chi connectivity index (χ0) is 27.2. The number of halogens is 4. The Morgan fingerprint density at radius 1 is 1.08 bits per heavy atom. The standard InChI is InChI=1S/C22H24ClF3N8O2S/c1-12(32-19(35)15-8-17(31-11-30-15)27-5-4-6-34(2)3)21-29-10-16(37-21)20(36)33-18-7-13(22(24,25)26)14(23)9-28-18/h7-12H,4-6H2,1-3H3,(H,32,35)(H,27,30,31)(H,28,33,36). The molecule has 0 aliphatic rings. The molecule has 0 aromatic carbocycles.